The van der Waals surface area contributed by atoms with Crippen LogP contribution >= 0.6 is 11.8 Å². The van der Waals surface area contributed by atoms with Crippen LogP contribution in [0.15, 0.2) is 29.4 Å². The molecule has 6 heteroatoms. The zero-order valence-electron chi connectivity index (χ0n) is 10.7. The van der Waals surface area contributed by atoms with Crippen molar-refractivity contribution in [3.63, 3.8) is 0 Å². The Kier molecular flexibility index (Phi) is 4.17. The van der Waals surface area contributed by atoms with Crippen molar-refractivity contribution in [2.45, 2.75) is 12.1 Å². The van der Waals surface area contributed by atoms with Crippen LogP contribution in [0.25, 0.3) is 11.4 Å². The highest BCUT2D eigenvalue weighted by molar-refractivity contribution is 7.99. The third kappa shape index (κ3) is 2.93. The topological polar surface area (TPSA) is 54.5 Å². The largest absolute Gasteiger partial charge is 0.305 e. The van der Waals surface area contributed by atoms with Gasteiger partial charge in [-0.05, 0) is 19.1 Å². The van der Waals surface area contributed by atoms with E-state index >= 15 is 0 Å². The Bertz CT molecular complexity index is 617. The summed E-state index contributed by atoms with van der Waals surface area (Å²) in [6, 6.07) is 8.63. The number of nitriles is 1. The molecule has 0 aliphatic rings. The van der Waals surface area contributed by atoms with Gasteiger partial charge in [0.2, 0.25) is 0 Å². The van der Waals surface area contributed by atoms with Crippen LogP contribution in [-0.2, 0) is 7.05 Å². The Morgan fingerprint density at radius 3 is 2.84 bits per heavy atom. The highest BCUT2D eigenvalue weighted by Gasteiger charge is 2.14. The van der Waals surface area contributed by atoms with Gasteiger partial charge in [-0.2, -0.15) is 5.26 Å². The fourth-order valence-electron chi connectivity index (χ4n) is 1.55. The summed E-state index contributed by atoms with van der Waals surface area (Å²) in [4.78, 5) is 0. The van der Waals surface area contributed by atoms with Gasteiger partial charge >= 0.3 is 0 Å². The normalized spacial score (nSPS) is 12.1. The van der Waals surface area contributed by atoms with Gasteiger partial charge in [0.05, 0.1) is 17.6 Å². The van der Waals surface area contributed by atoms with E-state index in [1.807, 2.05) is 6.92 Å². The Morgan fingerprint density at radius 1 is 1.42 bits per heavy atom. The second-order valence-corrected chi connectivity index (χ2v) is 5.17. The molecule has 2 rings (SSSR count). The second kappa shape index (κ2) is 5.85. The van der Waals surface area contributed by atoms with Crippen molar-refractivity contribution in [3.8, 4) is 17.5 Å². The lowest BCUT2D eigenvalue weighted by atomic mass is 10.2. The summed E-state index contributed by atoms with van der Waals surface area (Å²) in [5.74, 6) is 0.753. The van der Waals surface area contributed by atoms with Crippen molar-refractivity contribution in [2.75, 3.05) is 5.75 Å². The summed E-state index contributed by atoms with van der Waals surface area (Å²) in [5.41, 5.74) is 0.428. The molecule has 0 radical (unpaired) electrons. The summed E-state index contributed by atoms with van der Waals surface area (Å²) >= 11 is 1.45. The Labute approximate surface area is 115 Å². The molecule has 1 unspecified atom stereocenters. The van der Waals surface area contributed by atoms with Gasteiger partial charge in [-0.25, -0.2) is 4.39 Å². The first-order valence-electron chi connectivity index (χ1n) is 5.80. The fourth-order valence-corrected chi connectivity index (χ4v) is 2.41. The van der Waals surface area contributed by atoms with Gasteiger partial charge in [0, 0.05) is 12.8 Å². The summed E-state index contributed by atoms with van der Waals surface area (Å²) < 4.78 is 15.4. The van der Waals surface area contributed by atoms with Gasteiger partial charge in [0.25, 0.3) is 0 Å². The monoisotopic (exact) mass is 276 g/mol. The third-order valence-electron chi connectivity index (χ3n) is 2.63. The van der Waals surface area contributed by atoms with Crippen LogP contribution in [0.3, 0.4) is 0 Å². The number of hydrogen-bond acceptors (Lipinski definition) is 4. The number of halogens is 1. The Hall–Kier alpha value is -1.87. The molecule has 2 aromatic rings. The van der Waals surface area contributed by atoms with E-state index in [4.69, 9.17) is 5.26 Å². The van der Waals surface area contributed by atoms with Gasteiger partial charge in [0.15, 0.2) is 11.0 Å². The highest BCUT2D eigenvalue weighted by atomic mass is 32.2. The molecule has 0 aliphatic heterocycles. The second-order valence-electron chi connectivity index (χ2n) is 4.19. The molecule has 1 aromatic carbocycles. The molecule has 0 N–H and O–H groups in total. The minimum atomic E-state index is -0.319. The zero-order chi connectivity index (χ0) is 13.8. The third-order valence-corrected chi connectivity index (χ3v) is 3.91. The van der Waals surface area contributed by atoms with Crippen LogP contribution in [0.4, 0.5) is 4.39 Å². The molecular weight excluding hydrogens is 263 g/mol. The number of hydrogen-bond donors (Lipinski definition) is 0. The van der Waals surface area contributed by atoms with Gasteiger partial charge < -0.3 is 4.57 Å². The van der Waals surface area contributed by atoms with E-state index in [9.17, 15) is 4.39 Å². The van der Waals surface area contributed by atoms with Crippen molar-refractivity contribution in [2.24, 2.45) is 13.0 Å². The number of nitrogens with zero attached hydrogens (tertiary/aromatic N) is 4. The first-order valence-corrected chi connectivity index (χ1v) is 6.78. The SMILES string of the molecule is CC(C#N)CSc1nnc(-c2ccccc2F)n1C. The van der Waals surface area contributed by atoms with E-state index in [-0.39, 0.29) is 11.7 Å². The van der Waals surface area contributed by atoms with E-state index in [2.05, 4.69) is 16.3 Å². The average Bonchev–Trinajstić information content (AvgIpc) is 2.78. The first-order chi connectivity index (χ1) is 9.13. The standard InChI is InChI=1S/C13H13FN4S/c1-9(7-15)8-19-13-17-16-12(18(13)2)10-5-3-4-6-11(10)14/h3-6,9H,8H2,1-2H3. The fraction of sp³-hybridized carbons (Fsp3) is 0.308. The predicted molar refractivity (Wildman–Crippen MR) is 71.9 cm³/mol. The maximum atomic E-state index is 13.7. The number of aromatic nitrogens is 3. The minimum absolute atomic E-state index is 0.0568. The van der Waals surface area contributed by atoms with Crippen LogP contribution in [0.1, 0.15) is 6.92 Å². The molecule has 0 aliphatic carbocycles. The predicted octanol–water partition coefficient (Wildman–Crippen LogP) is 2.87. The molecule has 1 atom stereocenters. The minimum Gasteiger partial charge on any atom is -0.305 e. The molecule has 0 spiro atoms. The van der Waals surface area contributed by atoms with E-state index in [1.54, 1.807) is 29.8 Å². The van der Waals surface area contributed by atoms with E-state index in [0.29, 0.717) is 22.3 Å². The van der Waals surface area contributed by atoms with Gasteiger partial charge in [-0.1, -0.05) is 23.9 Å². The Morgan fingerprint density at radius 2 is 2.16 bits per heavy atom. The van der Waals surface area contributed by atoms with Crippen molar-refractivity contribution in [1.29, 1.82) is 5.26 Å². The molecule has 1 aromatic heterocycles. The molecule has 1 heterocycles. The molecule has 0 saturated heterocycles. The summed E-state index contributed by atoms with van der Waals surface area (Å²) in [6.07, 6.45) is 0. The molecule has 4 nitrogen and oxygen atoms in total. The van der Waals surface area contributed by atoms with Crippen molar-refractivity contribution < 1.29 is 4.39 Å². The molecule has 0 saturated carbocycles. The van der Waals surface area contributed by atoms with Crippen molar-refractivity contribution in [3.05, 3.63) is 30.1 Å². The Balaban J connectivity index is 2.24. The lowest BCUT2D eigenvalue weighted by molar-refractivity contribution is 0.628. The van der Waals surface area contributed by atoms with Crippen LogP contribution in [0, 0.1) is 23.1 Å². The van der Waals surface area contributed by atoms with E-state index in [0.717, 1.165) is 0 Å². The molecule has 98 valence electrons. The molecule has 0 fully saturated rings. The highest BCUT2D eigenvalue weighted by Crippen LogP contribution is 2.25. The summed E-state index contributed by atoms with van der Waals surface area (Å²) in [7, 11) is 1.79. The summed E-state index contributed by atoms with van der Waals surface area (Å²) in [6.45, 7) is 1.85. The molecule has 0 amide bonds. The first kappa shape index (κ1) is 13.6. The molecule has 19 heavy (non-hydrogen) atoms. The summed E-state index contributed by atoms with van der Waals surface area (Å²) in [5, 5.41) is 17.5. The van der Waals surface area contributed by atoms with Crippen LogP contribution in [-0.4, -0.2) is 20.5 Å². The number of rotatable bonds is 4. The van der Waals surface area contributed by atoms with Crippen molar-refractivity contribution >= 4 is 11.8 Å². The van der Waals surface area contributed by atoms with Crippen LogP contribution in [0.5, 0.6) is 0 Å². The maximum Gasteiger partial charge on any atom is 0.191 e. The van der Waals surface area contributed by atoms with Gasteiger partial charge in [0.1, 0.15) is 5.82 Å². The van der Waals surface area contributed by atoms with Crippen LogP contribution in [0.2, 0.25) is 0 Å². The lowest BCUT2D eigenvalue weighted by Gasteiger charge is -2.05. The number of benzene rings is 1. The smallest absolute Gasteiger partial charge is 0.191 e. The van der Waals surface area contributed by atoms with E-state index in [1.165, 1.54) is 17.8 Å². The quantitative estimate of drug-likeness (QED) is 0.806. The molecular formula is C13H13FN4S. The molecule has 0 bridgehead atoms. The van der Waals surface area contributed by atoms with Gasteiger partial charge in [-0.15, -0.1) is 10.2 Å². The average molecular weight is 276 g/mol. The maximum absolute atomic E-state index is 13.7. The van der Waals surface area contributed by atoms with Crippen molar-refractivity contribution in [1.82, 2.24) is 14.8 Å². The van der Waals surface area contributed by atoms with Gasteiger partial charge in [-0.3, -0.25) is 0 Å². The lowest BCUT2D eigenvalue weighted by Crippen LogP contribution is -1.99. The zero-order valence-corrected chi connectivity index (χ0v) is 11.5. The van der Waals surface area contributed by atoms with E-state index < -0.39 is 0 Å². The van der Waals surface area contributed by atoms with Crippen LogP contribution < -0.4 is 0 Å². The number of thioether (sulfide) groups is 1.